The largest absolute Gasteiger partial charge is 0.490 e. The van der Waals surface area contributed by atoms with Crippen molar-refractivity contribution in [1.29, 1.82) is 0 Å². The van der Waals surface area contributed by atoms with Gasteiger partial charge in [-0.05, 0) is 18.9 Å². The van der Waals surface area contributed by atoms with E-state index in [1.165, 1.54) is 0 Å². The van der Waals surface area contributed by atoms with Crippen molar-refractivity contribution in [3.8, 4) is 11.5 Å². The van der Waals surface area contributed by atoms with Crippen molar-refractivity contribution in [3.63, 3.8) is 0 Å². The topological polar surface area (TPSA) is 38.7 Å². The molecule has 0 bridgehead atoms. The van der Waals surface area contributed by atoms with Crippen LogP contribution >= 0.6 is 0 Å². The molecule has 102 valence electrons. The lowest BCUT2D eigenvalue weighted by Gasteiger charge is -2.18. The predicted octanol–water partition coefficient (Wildman–Crippen LogP) is 3.39. The molecular formula is C15H24O3. The maximum absolute atomic E-state index is 9.36. The second-order valence-electron chi connectivity index (χ2n) is 4.33. The Morgan fingerprint density at radius 2 is 1.83 bits per heavy atom. The maximum atomic E-state index is 9.36. The summed E-state index contributed by atoms with van der Waals surface area (Å²) in [6.45, 7) is 7.51. The molecule has 0 aliphatic carbocycles. The number of rotatable bonds is 8. The summed E-state index contributed by atoms with van der Waals surface area (Å²) in [7, 11) is 0. The minimum atomic E-state index is -0.0286. The smallest absolute Gasteiger partial charge is 0.166 e. The normalized spacial score (nSPS) is 10.7. The average molecular weight is 252 g/mol. The van der Waals surface area contributed by atoms with Crippen LogP contribution < -0.4 is 9.47 Å². The Kier molecular flexibility index (Phi) is 6.58. The van der Waals surface area contributed by atoms with E-state index in [0.717, 1.165) is 24.2 Å². The number of aliphatic hydroxyl groups excluding tert-OH is 1. The van der Waals surface area contributed by atoms with E-state index in [1.54, 1.807) is 0 Å². The second kappa shape index (κ2) is 7.98. The first kappa shape index (κ1) is 14.8. The lowest BCUT2D eigenvalue weighted by molar-refractivity contribution is 0.213. The van der Waals surface area contributed by atoms with Crippen LogP contribution in [0, 0.1) is 5.92 Å². The highest BCUT2D eigenvalue weighted by Crippen LogP contribution is 2.32. The second-order valence-corrected chi connectivity index (χ2v) is 4.33. The summed E-state index contributed by atoms with van der Waals surface area (Å²) in [6, 6.07) is 5.62. The van der Waals surface area contributed by atoms with Gasteiger partial charge in [0.2, 0.25) is 0 Å². The number of benzene rings is 1. The van der Waals surface area contributed by atoms with Gasteiger partial charge in [0.25, 0.3) is 0 Å². The van der Waals surface area contributed by atoms with Crippen LogP contribution in [-0.2, 0) is 6.61 Å². The van der Waals surface area contributed by atoms with Gasteiger partial charge < -0.3 is 14.6 Å². The molecule has 3 nitrogen and oxygen atoms in total. The van der Waals surface area contributed by atoms with Crippen LogP contribution in [0.25, 0.3) is 0 Å². The molecule has 0 heterocycles. The van der Waals surface area contributed by atoms with Crippen LogP contribution in [0.4, 0.5) is 0 Å². The number of hydrogen-bond donors (Lipinski definition) is 1. The summed E-state index contributed by atoms with van der Waals surface area (Å²) in [5.41, 5.74) is 0.784. The highest BCUT2D eigenvalue weighted by atomic mass is 16.5. The molecule has 0 aliphatic heterocycles. The fraction of sp³-hybridized carbons (Fsp3) is 0.600. The molecular weight excluding hydrogens is 228 g/mol. The third kappa shape index (κ3) is 3.91. The monoisotopic (exact) mass is 252 g/mol. The standard InChI is InChI=1S/C15H24O3/c1-4-12(5-2)11-18-15-13(10-16)8-7-9-14(15)17-6-3/h7-9,12,16H,4-6,10-11H2,1-3H3. The predicted molar refractivity (Wildman–Crippen MR) is 73.1 cm³/mol. The Morgan fingerprint density at radius 1 is 1.11 bits per heavy atom. The first-order valence-electron chi connectivity index (χ1n) is 6.75. The zero-order valence-electron chi connectivity index (χ0n) is 11.6. The lowest BCUT2D eigenvalue weighted by Crippen LogP contribution is -2.12. The van der Waals surface area contributed by atoms with Crippen LogP contribution in [-0.4, -0.2) is 18.3 Å². The first-order chi connectivity index (χ1) is 8.76. The highest BCUT2D eigenvalue weighted by Gasteiger charge is 2.12. The van der Waals surface area contributed by atoms with Crippen LogP contribution in [0.3, 0.4) is 0 Å². The molecule has 0 aromatic heterocycles. The minimum Gasteiger partial charge on any atom is -0.490 e. The fourth-order valence-corrected chi connectivity index (χ4v) is 1.84. The van der Waals surface area contributed by atoms with Crippen molar-refractivity contribution < 1.29 is 14.6 Å². The van der Waals surface area contributed by atoms with Gasteiger partial charge in [-0.15, -0.1) is 0 Å². The molecule has 0 fully saturated rings. The molecule has 0 saturated heterocycles. The molecule has 0 aliphatic rings. The van der Waals surface area contributed by atoms with E-state index in [1.807, 2.05) is 25.1 Å². The third-order valence-corrected chi connectivity index (χ3v) is 3.15. The Labute approximate surface area is 110 Å². The summed E-state index contributed by atoms with van der Waals surface area (Å²) < 4.78 is 11.4. The number of aliphatic hydroxyl groups is 1. The maximum Gasteiger partial charge on any atom is 0.166 e. The Hall–Kier alpha value is -1.22. The van der Waals surface area contributed by atoms with Crippen molar-refractivity contribution in [2.24, 2.45) is 5.92 Å². The van der Waals surface area contributed by atoms with E-state index < -0.39 is 0 Å². The third-order valence-electron chi connectivity index (χ3n) is 3.15. The SMILES string of the molecule is CCOc1cccc(CO)c1OCC(CC)CC. The zero-order chi connectivity index (χ0) is 13.4. The van der Waals surface area contributed by atoms with Crippen molar-refractivity contribution in [2.45, 2.75) is 40.2 Å². The molecule has 1 rings (SSSR count). The summed E-state index contributed by atoms with van der Waals surface area (Å²) in [4.78, 5) is 0. The van der Waals surface area contributed by atoms with Gasteiger partial charge in [-0.2, -0.15) is 0 Å². The number of para-hydroxylation sites is 1. The molecule has 1 N–H and O–H groups in total. The van der Waals surface area contributed by atoms with Gasteiger partial charge in [-0.3, -0.25) is 0 Å². The van der Waals surface area contributed by atoms with Crippen LogP contribution in [0.2, 0.25) is 0 Å². The Balaban J connectivity index is 2.83. The van der Waals surface area contributed by atoms with Gasteiger partial charge in [0.1, 0.15) is 0 Å². The highest BCUT2D eigenvalue weighted by molar-refractivity contribution is 5.46. The van der Waals surface area contributed by atoms with E-state index >= 15 is 0 Å². The van der Waals surface area contributed by atoms with Gasteiger partial charge >= 0.3 is 0 Å². The molecule has 0 spiro atoms. The van der Waals surface area contributed by atoms with Gasteiger partial charge in [0.15, 0.2) is 11.5 Å². The van der Waals surface area contributed by atoms with E-state index in [9.17, 15) is 5.11 Å². The van der Waals surface area contributed by atoms with Crippen LogP contribution in [0.1, 0.15) is 39.2 Å². The van der Waals surface area contributed by atoms with Crippen molar-refractivity contribution in [1.82, 2.24) is 0 Å². The molecule has 0 amide bonds. The summed E-state index contributed by atoms with van der Waals surface area (Å²) in [6.07, 6.45) is 2.20. The van der Waals surface area contributed by atoms with E-state index in [0.29, 0.717) is 24.9 Å². The molecule has 1 aromatic rings. The van der Waals surface area contributed by atoms with Gasteiger partial charge in [-0.25, -0.2) is 0 Å². The van der Waals surface area contributed by atoms with E-state index in [4.69, 9.17) is 9.47 Å². The van der Waals surface area contributed by atoms with Gasteiger partial charge in [0, 0.05) is 5.56 Å². The summed E-state index contributed by atoms with van der Waals surface area (Å²) in [5.74, 6) is 1.95. The number of hydrogen-bond acceptors (Lipinski definition) is 3. The van der Waals surface area contributed by atoms with Crippen LogP contribution in [0.15, 0.2) is 18.2 Å². The van der Waals surface area contributed by atoms with Crippen LogP contribution in [0.5, 0.6) is 11.5 Å². The fourth-order valence-electron chi connectivity index (χ4n) is 1.84. The molecule has 0 radical (unpaired) electrons. The molecule has 0 atom stereocenters. The Bertz CT molecular complexity index is 346. The zero-order valence-corrected chi connectivity index (χ0v) is 11.6. The first-order valence-corrected chi connectivity index (χ1v) is 6.75. The lowest BCUT2D eigenvalue weighted by atomic mass is 10.1. The van der Waals surface area contributed by atoms with Crippen molar-refractivity contribution in [2.75, 3.05) is 13.2 Å². The average Bonchev–Trinajstić information content (AvgIpc) is 2.41. The Morgan fingerprint density at radius 3 is 2.39 bits per heavy atom. The molecule has 1 aromatic carbocycles. The van der Waals surface area contributed by atoms with Gasteiger partial charge in [-0.1, -0.05) is 38.8 Å². The van der Waals surface area contributed by atoms with Crippen molar-refractivity contribution in [3.05, 3.63) is 23.8 Å². The summed E-state index contributed by atoms with van der Waals surface area (Å²) >= 11 is 0. The van der Waals surface area contributed by atoms with Gasteiger partial charge in [0.05, 0.1) is 19.8 Å². The molecule has 3 heteroatoms. The molecule has 0 saturated carbocycles. The van der Waals surface area contributed by atoms with E-state index in [2.05, 4.69) is 13.8 Å². The van der Waals surface area contributed by atoms with E-state index in [-0.39, 0.29) is 6.61 Å². The molecule has 18 heavy (non-hydrogen) atoms. The quantitative estimate of drug-likeness (QED) is 0.770. The minimum absolute atomic E-state index is 0.0286. The number of ether oxygens (including phenoxy) is 2. The molecule has 0 unspecified atom stereocenters. The summed E-state index contributed by atoms with van der Waals surface area (Å²) in [5, 5.41) is 9.36. The van der Waals surface area contributed by atoms with Crippen molar-refractivity contribution >= 4 is 0 Å².